The number of hydrogen-bond acceptors (Lipinski definition) is 6. The van der Waals surface area contributed by atoms with Gasteiger partial charge in [0.1, 0.15) is 5.82 Å². The van der Waals surface area contributed by atoms with E-state index in [0.717, 1.165) is 11.1 Å². The van der Waals surface area contributed by atoms with Crippen molar-refractivity contribution in [2.24, 2.45) is 0 Å². The minimum atomic E-state index is -0.188. The van der Waals surface area contributed by atoms with Gasteiger partial charge in [0, 0.05) is 6.54 Å². The molecule has 0 saturated carbocycles. The molecule has 0 aliphatic carbocycles. The fraction of sp³-hybridized carbons (Fsp3) is 0.227. The first-order chi connectivity index (χ1) is 14.1. The quantitative estimate of drug-likeness (QED) is 0.609. The zero-order valence-electron chi connectivity index (χ0n) is 16.7. The number of carbonyl (C=O) groups excluding carboxylic acids is 1. The van der Waals surface area contributed by atoms with Crippen molar-refractivity contribution in [3.63, 3.8) is 0 Å². The first-order valence-electron chi connectivity index (χ1n) is 9.21. The van der Waals surface area contributed by atoms with E-state index in [0.29, 0.717) is 29.7 Å². The van der Waals surface area contributed by atoms with Gasteiger partial charge in [-0.15, -0.1) is 10.2 Å². The highest BCUT2D eigenvalue weighted by Crippen LogP contribution is 2.27. The third kappa shape index (κ3) is 5.68. The Labute approximate surface area is 170 Å². The first kappa shape index (κ1) is 20.1. The third-order valence-electron chi connectivity index (χ3n) is 4.34. The van der Waals surface area contributed by atoms with Gasteiger partial charge in [0.05, 0.1) is 20.6 Å². The maximum Gasteiger partial charge on any atom is 0.229 e. The molecule has 0 bridgehead atoms. The Morgan fingerprint density at radius 2 is 1.52 bits per heavy atom. The van der Waals surface area contributed by atoms with E-state index in [1.165, 1.54) is 5.56 Å². The van der Waals surface area contributed by atoms with Crippen molar-refractivity contribution >= 4 is 17.5 Å². The number of aryl methyl sites for hydroxylation is 1. The average molecular weight is 392 g/mol. The topological polar surface area (TPSA) is 85.4 Å². The van der Waals surface area contributed by atoms with Crippen molar-refractivity contribution in [2.45, 2.75) is 19.9 Å². The standard InChI is InChI=1S/C22H24N4O3/c1-15-4-6-16(7-5-15)14-23-20-10-11-21(26-25-20)24-22(27)13-17-8-9-18(28-2)19(12-17)29-3/h4-12H,13-14H2,1-3H3,(H,23,25)(H,24,26,27). The van der Waals surface area contributed by atoms with Crippen molar-refractivity contribution in [3.8, 4) is 11.5 Å². The number of nitrogens with zero attached hydrogens (tertiary/aromatic N) is 2. The van der Waals surface area contributed by atoms with Crippen molar-refractivity contribution < 1.29 is 14.3 Å². The van der Waals surface area contributed by atoms with Crippen LogP contribution in [0.4, 0.5) is 11.6 Å². The van der Waals surface area contributed by atoms with Gasteiger partial charge < -0.3 is 20.1 Å². The van der Waals surface area contributed by atoms with Crippen LogP contribution in [0.15, 0.2) is 54.6 Å². The third-order valence-corrected chi connectivity index (χ3v) is 4.34. The van der Waals surface area contributed by atoms with E-state index in [4.69, 9.17) is 9.47 Å². The number of hydrogen-bond donors (Lipinski definition) is 2. The van der Waals surface area contributed by atoms with Gasteiger partial charge in [-0.3, -0.25) is 4.79 Å². The normalized spacial score (nSPS) is 10.3. The van der Waals surface area contributed by atoms with Crippen molar-refractivity contribution in [1.29, 1.82) is 0 Å². The highest BCUT2D eigenvalue weighted by Gasteiger charge is 2.09. The van der Waals surface area contributed by atoms with E-state index in [1.54, 1.807) is 38.5 Å². The van der Waals surface area contributed by atoms with Gasteiger partial charge in [-0.25, -0.2) is 0 Å². The van der Waals surface area contributed by atoms with Crippen LogP contribution in [-0.4, -0.2) is 30.3 Å². The van der Waals surface area contributed by atoms with Gasteiger partial charge in [0.25, 0.3) is 0 Å². The van der Waals surface area contributed by atoms with E-state index in [2.05, 4.69) is 52.0 Å². The van der Waals surface area contributed by atoms with Gasteiger partial charge in [-0.2, -0.15) is 0 Å². The molecule has 3 aromatic rings. The lowest BCUT2D eigenvalue weighted by molar-refractivity contribution is -0.115. The summed E-state index contributed by atoms with van der Waals surface area (Å²) < 4.78 is 10.5. The molecule has 1 heterocycles. The number of amides is 1. The van der Waals surface area contributed by atoms with E-state index in [1.807, 2.05) is 6.07 Å². The minimum absolute atomic E-state index is 0.188. The Morgan fingerprint density at radius 1 is 0.862 bits per heavy atom. The molecule has 150 valence electrons. The highest BCUT2D eigenvalue weighted by molar-refractivity contribution is 5.91. The fourth-order valence-corrected chi connectivity index (χ4v) is 2.75. The lowest BCUT2D eigenvalue weighted by Gasteiger charge is -2.10. The number of rotatable bonds is 8. The second kappa shape index (κ2) is 9.54. The number of benzene rings is 2. The molecule has 0 spiro atoms. The van der Waals surface area contributed by atoms with Crippen LogP contribution in [0.2, 0.25) is 0 Å². The largest absolute Gasteiger partial charge is 0.493 e. The number of aromatic nitrogens is 2. The molecular weight excluding hydrogens is 368 g/mol. The molecular formula is C22H24N4O3. The van der Waals surface area contributed by atoms with Crippen LogP contribution in [-0.2, 0) is 17.8 Å². The van der Waals surface area contributed by atoms with Gasteiger partial charge in [0.15, 0.2) is 17.3 Å². The molecule has 2 aromatic carbocycles. The summed E-state index contributed by atoms with van der Waals surface area (Å²) in [5, 5.41) is 14.1. The number of nitrogens with one attached hydrogen (secondary N) is 2. The molecule has 0 fully saturated rings. The predicted octanol–water partition coefficient (Wildman–Crippen LogP) is 3.60. The smallest absolute Gasteiger partial charge is 0.229 e. The lowest BCUT2D eigenvalue weighted by Crippen LogP contribution is -2.16. The second-order valence-corrected chi connectivity index (χ2v) is 6.56. The Balaban J connectivity index is 1.53. The summed E-state index contributed by atoms with van der Waals surface area (Å²) >= 11 is 0. The SMILES string of the molecule is COc1ccc(CC(=O)Nc2ccc(NCc3ccc(C)cc3)nn2)cc1OC. The van der Waals surface area contributed by atoms with E-state index in [-0.39, 0.29) is 12.3 Å². The van der Waals surface area contributed by atoms with Crippen LogP contribution in [0.5, 0.6) is 11.5 Å². The Hall–Kier alpha value is -3.61. The fourth-order valence-electron chi connectivity index (χ4n) is 2.75. The van der Waals surface area contributed by atoms with Crippen LogP contribution < -0.4 is 20.1 Å². The first-order valence-corrected chi connectivity index (χ1v) is 9.21. The Bertz CT molecular complexity index is 957. The van der Waals surface area contributed by atoms with E-state index in [9.17, 15) is 4.79 Å². The maximum absolute atomic E-state index is 12.3. The van der Waals surface area contributed by atoms with Gasteiger partial charge in [0.2, 0.25) is 5.91 Å². The molecule has 1 amide bonds. The van der Waals surface area contributed by atoms with Crippen LogP contribution in [0, 0.1) is 6.92 Å². The zero-order valence-corrected chi connectivity index (χ0v) is 16.7. The van der Waals surface area contributed by atoms with Crippen LogP contribution in [0.25, 0.3) is 0 Å². The molecule has 0 saturated heterocycles. The summed E-state index contributed by atoms with van der Waals surface area (Å²) in [5.41, 5.74) is 3.19. The summed E-state index contributed by atoms with van der Waals surface area (Å²) in [7, 11) is 3.13. The molecule has 3 rings (SSSR count). The molecule has 0 aliphatic heterocycles. The minimum Gasteiger partial charge on any atom is -0.493 e. The summed E-state index contributed by atoms with van der Waals surface area (Å²) in [6.07, 6.45) is 0.190. The predicted molar refractivity (Wildman–Crippen MR) is 112 cm³/mol. The highest BCUT2D eigenvalue weighted by atomic mass is 16.5. The van der Waals surface area contributed by atoms with Gasteiger partial charge in [-0.05, 0) is 42.3 Å². The summed E-state index contributed by atoms with van der Waals surface area (Å²) in [6, 6.07) is 17.2. The summed E-state index contributed by atoms with van der Waals surface area (Å²) in [4.78, 5) is 12.3. The summed E-state index contributed by atoms with van der Waals surface area (Å²) in [6.45, 7) is 2.71. The molecule has 7 nitrogen and oxygen atoms in total. The monoisotopic (exact) mass is 392 g/mol. The molecule has 7 heteroatoms. The zero-order chi connectivity index (χ0) is 20.6. The van der Waals surface area contributed by atoms with Crippen LogP contribution in [0.1, 0.15) is 16.7 Å². The number of carbonyl (C=O) groups is 1. The van der Waals surface area contributed by atoms with E-state index < -0.39 is 0 Å². The van der Waals surface area contributed by atoms with Crippen molar-refractivity contribution in [2.75, 3.05) is 24.9 Å². The molecule has 1 aromatic heterocycles. The second-order valence-electron chi connectivity index (χ2n) is 6.56. The summed E-state index contributed by atoms with van der Waals surface area (Å²) in [5.74, 6) is 2.06. The number of anilines is 2. The van der Waals surface area contributed by atoms with Crippen LogP contribution in [0.3, 0.4) is 0 Å². The number of ether oxygens (including phenoxy) is 2. The Morgan fingerprint density at radius 3 is 2.17 bits per heavy atom. The van der Waals surface area contributed by atoms with Crippen molar-refractivity contribution in [1.82, 2.24) is 10.2 Å². The molecule has 0 atom stereocenters. The maximum atomic E-state index is 12.3. The average Bonchev–Trinajstić information content (AvgIpc) is 2.74. The molecule has 0 radical (unpaired) electrons. The van der Waals surface area contributed by atoms with Crippen LogP contribution >= 0.6 is 0 Å². The lowest BCUT2D eigenvalue weighted by atomic mass is 10.1. The molecule has 2 N–H and O–H groups in total. The van der Waals surface area contributed by atoms with E-state index >= 15 is 0 Å². The number of methoxy groups -OCH3 is 2. The van der Waals surface area contributed by atoms with Crippen molar-refractivity contribution in [3.05, 3.63) is 71.3 Å². The molecule has 0 aliphatic rings. The molecule has 29 heavy (non-hydrogen) atoms. The Kier molecular flexibility index (Phi) is 6.63. The van der Waals surface area contributed by atoms with Gasteiger partial charge >= 0.3 is 0 Å². The molecule has 0 unspecified atom stereocenters. The van der Waals surface area contributed by atoms with Gasteiger partial charge in [-0.1, -0.05) is 35.9 Å².